The van der Waals surface area contributed by atoms with E-state index < -0.39 is 0 Å². The molecule has 8 heteroatoms. The lowest BCUT2D eigenvalue weighted by Crippen LogP contribution is -2.27. The lowest BCUT2D eigenvalue weighted by atomic mass is 9.87. The molecule has 4 rings (SSSR count). The molecule has 204 valence electrons. The molecule has 1 saturated heterocycles. The SMILES string of the molecule is CCOc1cc(/C=C2\SC(=O)N(Cc3ccccc3Cl)C2=O)ccc1OCCOc1ccc(C(C)(C)C)cc1. The van der Waals surface area contributed by atoms with Crippen LogP contribution in [-0.2, 0) is 16.8 Å². The molecule has 1 fully saturated rings. The van der Waals surface area contributed by atoms with Gasteiger partial charge in [0.15, 0.2) is 11.5 Å². The van der Waals surface area contributed by atoms with E-state index in [4.69, 9.17) is 25.8 Å². The lowest BCUT2D eigenvalue weighted by Gasteiger charge is -2.19. The van der Waals surface area contributed by atoms with Crippen LogP contribution < -0.4 is 14.2 Å². The van der Waals surface area contributed by atoms with Crippen LogP contribution in [0.5, 0.6) is 17.2 Å². The smallest absolute Gasteiger partial charge is 0.293 e. The van der Waals surface area contributed by atoms with Crippen LogP contribution in [-0.4, -0.2) is 35.9 Å². The summed E-state index contributed by atoms with van der Waals surface area (Å²) in [5, 5.41) is 0.186. The molecular formula is C31H32ClNO5S. The number of imide groups is 1. The van der Waals surface area contributed by atoms with Crippen LogP contribution in [0.4, 0.5) is 4.79 Å². The Morgan fingerprint density at radius 3 is 2.31 bits per heavy atom. The van der Waals surface area contributed by atoms with Gasteiger partial charge in [0, 0.05) is 5.02 Å². The molecule has 0 N–H and O–H groups in total. The van der Waals surface area contributed by atoms with E-state index in [1.165, 1.54) is 10.5 Å². The van der Waals surface area contributed by atoms with E-state index in [0.717, 1.165) is 23.1 Å². The monoisotopic (exact) mass is 565 g/mol. The second-order valence-electron chi connectivity index (χ2n) is 9.97. The zero-order chi connectivity index (χ0) is 28.0. The van der Waals surface area contributed by atoms with Gasteiger partial charge in [0.05, 0.1) is 18.1 Å². The van der Waals surface area contributed by atoms with Gasteiger partial charge in [-0.3, -0.25) is 14.5 Å². The molecule has 6 nitrogen and oxygen atoms in total. The minimum atomic E-state index is -0.351. The van der Waals surface area contributed by atoms with Gasteiger partial charge in [0.1, 0.15) is 19.0 Å². The van der Waals surface area contributed by atoms with Crippen molar-refractivity contribution < 1.29 is 23.8 Å². The minimum Gasteiger partial charge on any atom is -0.490 e. The molecule has 0 aliphatic carbocycles. The van der Waals surface area contributed by atoms with Gasteiger partial charge in [-0.05, 0) is 77.2 Å². The number of hydrogen-bond acceptors (Lipinski definition) is 6. The largest absolute Gasteiger partial charge is 0.490 e. The predicted octanol–water partition coefficient (Wildman–Crippen LogP) is 7.73. The first-order valence-corrected chi connectivity index (χ1v) is 14.0. The van der Waals surface area contributed by atoms with Crippen molar-refractivity contribution in [2.45, 2.75) is 39.7 Å². The van der Waals surface area contributed by atoms with Gasteiger partial charge in [-0.1, -0.05) is 68.8 Å². The Labute approximate surface area is 238 Å². The summed E-state index contributed by atoms with van der Waals surface area (Å²) in [5.74, 6) is 1.56. The number of ether oxygens (including phenoxy) is 3. The Morgan fingerprint density at radius 1 is 0.897 bits per heavy atom. The number of benzene rings is 3. The summed E-state index contributed by atoms with van der Waals surface area (Å²) in [7, 11) is 0. The number of halogens is 1. The van der Waals surface area contributed by atoms with Crippen molar-refractivity contribution in [3.63, 3.8) is 0 Å². The van der Waals surface area contributed by atoms with Crippen molar-refractivity contribution >= 4 is 40.6 Å². The highest BCUT2D eigenvalue weighted by Crippen LogP contribution is 2.36. The molecule has 3 aromatic carbocycles. The van der Waals surface area contributed by atoms with Crippen molar-refractivity contribution in [1.82, 2.24) is 4.90 Å². The molecule has 0 atom stereocenters. The normalized spacial score (nSPS) is 14.7. The molecule has 0 radical (unpaired) electrons. The van der Waals surface area contributed by atoms with Gasteiger partial charge < -0.3 is 14.2 Å². The number of thioether (sulfide) groups is 1. The highest BCUT2D eigenvalue weighted by atomic mass is 35.5. The van der Waals surface area contributed by atoms with E-state index in [2.05, 4.69) is 32.9 Å². The molecule has 0 spiro atoms. The standard InChI is InChI=1S/C31H32ClNO5S/c1-5-36-27-18-21(19-28-29(34)33(30(35)39-28)20-22-8-6-7-9-25(22)32)10-15-26(27)38-17-16-37-24-13-11-23(12-14-24)31(2,3)4/h6-15,18-19H,5,16-17,20H2,1-4H3/b28-19-. The summed E-state index contributed by atoms with van der Waals surface area (Å²) >= 11 is 7.13. The average molecular weight is 566 g/mol. The van der Waals surface area contributed by atoms with Gasteiger partial charge in [-0.25, -0.2) is 0 Å². The highest BCUT2D eigenvalue weighted by molar-refractivity contribution is 8.18. The van der Waals surface area contributed by atoms with Gasteiger partial charge in [0.2, 0.25) is 0 Å². The van der Waals surface area contributed by atoms with Crippen molar-refractivity contribution in [2.75, 3.05) is 19.8 Å². The number of hydrogen-bond donors (Lipinski definition) is 0. The third-order valence-electron chi connectivity index (χ3n) is 6.06. The lowest BCUT2D eigenvalue weighted by molar-refractivity contribution is -0.123. The fourth-order valence-electron chi connectivity index (χ4n) is 3.95. The van der Waals surface area contributed by atoms with Crippen LogP contribution in [0.15, 0.2) is 71.6 Å². The third kappa shape index (κ3) is 7.37. The molecule has 0 saturated carbocycles. The zero-order valence-electron chi connectivity index (χ0n) is 22.5. The second-order valence-corrected chi connectivity index (χ2v) is 11.4. The first-order chi connectivity index (χ1) is 18.7. The number of carbonyl (C=O) groups is 2. The Morgan fingerprint density at radius 2 is 1.62 bits per heavy atom. The second kappa shape index (κ2) is 12.6. The Balaban J connectivity index is 1.38. The summed E-state index contributed by atoms with van der Waals surface area (Å²) in [4.78, 5) is 27.1. The summed E-state index contributed by atoms with van der Waals surface area (Å²) in [6, 6.07) is 20.7. The predicted molar refractivity (Wildman–Crippen MR) is 157 cm³/mol. The molecule has 0 unspecified atom stereocenters. The number of amides is 2. The first-order valence-electron chi connectivity index (χ1n) is 12.8. The Kier molecular flexibility index (Phi) is 9.25. The van der Waals surface area contributed by atoms with Crippen LogP contribution in [0, 0.1) is 0 Å². The summed E-state index contributed by atoms with van der Waals surface area (Å²) < 4.78 is 17.5. The highest BCUT2D eigenvalue weighted by Gasteiger charge is 2.35. The van der Waals surface area contributed by atoms with E-state index in [1.807, 2.05) is 37.3 Å². The van der Waals surface area contributed by atoms with Crippen LogP contribution in [0.1, 0.15) is 44.4 Å². The van der Waals surface area contributed by atoms with Crippen molar-refractivity contribution in [3.05, 3.63) is 93.3 Å². The molecule has 2 amide bonds. The molecule has 3 aromatic rings. The molecule has 0 aromatic heterocycles. The summed E-state index contributed by atoms with van der Waals surface area (Å²) in [6.45, 7) is 9.70. The molecule has 1 aliphatic rings. The van der Waals surface area contributed by atoms with Crippen LogP contribution in [0.2, 0.25) is 5.02 Å². The van der Waals surface area contributed by atoms with Gasteiger partial charge in [-0.15, -0.1) is 0 Å². The molecule has 1 heterocycles. The van der Waals surface area contributed by atoms with E-state index in [9.17, 15) is 9.59 Å². The van der Waals surface area contributed by atoms with Crippen LogP contribution >= 0.6 is 23.4 Å². The van der Waals surface area contributed by atoms with Gasteiger partial charge in [-0.2, -0.15) is 0 Å². The van der Waals surface area contributed by atoms with Gasteiger partial charge >= 0.3 is 0 Å². The third-order valence-corrected chi connectivity index (χ3v) is 7.33. The maximum Gasteiger partial charge on any atom is 0.293 e. The van der Waals surface area contributed by atoms with Crippen LogP contribution in [0.25, 0.3) is 6.08 Å². The molecular weight excluding hydrogens is 534 g/mol. The average Bonchev–Trinajstić information content (AvgIpc) is 3.16. The first kappa shape index (κ1) is 28.6. The summed E-state index contributed by atoms with van der Waals surface area (Å²) in [5.41, 5.74) is 2.78. The Hall–Kier alpha value is -3.42. The summed E-state index contributed by atoms with van der Waals surface area (Å²) in [6.07, 6.45) is 1.69. The number of nitrogens with zero attached hydrogens (tertiary/aromatic N) is 1. The molecule has 1 aliphatic heterocycles. The fraction of sp³-hybridized carbons (Fsp3) is 0.290. The maximum atomic E-state index is 13.0. The maximum absolute atomic E-state index is 13.0. The Bertz CT molecular complexity index is 1360. The topological polar surface area (TPSA) is 65.1 Å². The number of carbonyl (C=O) groups excluding carboxylic acids is 2. The van der Waals surface area contributed by atoms with Crippen LogP contribution in [0.3, 0.4) is 0 Å². The van der Waals surface area contributed by atoms with Crippen molar-refractivity contribution in [3.8, 4) is 17.2 Å². The van der Waals surface area contributed by atoms with E-state index in [0.29, 0.717) is 46.8 Å². The van der Waals surface area contributed by atoms with Crippen molar-refractivity contribution in [2.24, 2.45) is 0 Å². The molecule has 0 bridgehead atoms. The quantitative estimate of drug-likeness (QED) is 0.185. The fourth-order valence-corrected chi connectivity index (χ4v) is 4.98. The number of rotatable bonds is 10. The van der Waals surface area contributed by atoms with E-state index in [-0.39, 0.29) is 23.1 Å². The minimum absolute atomic E-state index is 0.0918. The zero-order valence-corrected chi connectivity index (χ0v) is 24.1. The van der Waals surface area contributed by atoms with Gasteiger partial charge in [0.25, 0.3) is 11.1 Å². The van der Waals surface area contributed by atoms with E-state index in [1.54, 1.807) is 30.3 Å². The molecule has 39 heavy (non-hydrogen) atoms. The van der Waals surface area contributed by atoms with E-state index >= 15 is 0 Å². The van der Waals surface area contributed by atoms with Crippen molar-refractivity contribution in [1.29, 1.82) is 0 Å².